The molecule has 116 valence electrons. The van der Waals surface area contributed by atoms with Crippen molar-refractivity contribution in [1.82, 2.24) is 15.1 Å². The minimum atomic E-state index is -0.312. The van der Waals surface area contributed by atoms with E-state index in [1.54, 1.807) is 4.90 Å². The number of benzene rings is 1. The van der Waals surface area contributed by atoms with Crippen molar-refractivity contribution in [2.45, 2.75) is 19.1 Å². The average Bonchev–Trinajstić information content (AvgIpc) is 3.16. The van der Waals surface area contributed by atoms with E-state index in [1.807, 2.05) is 30.3 Å². The highest BCUT2D eigenvalue weighted by Crippen LogP contribution is 2.25. The van der Waals surface area contributed by atoms with Crippen molar-refractivity contribution in [2.75, 3.05) is 13.1 Å². The summed E-state index contributed by atoms with van der Waals surface area (Å²) >= 11 is 4.57. The van der Waals surface area contributed by atoms with Crippen LogP contribution in [0.1, 0.15) is 12.0 Å². The largest absolute Gasteiger partial charge is 0.464 e. The molecular formula is C14H14BrN3O3S. The van der Waals surface area contributed by atoms with Crippen LogP contribution in [-0.2, 0) is 11.3 Å². The number of carbonyl (C=O) groups excluding carboxylic acids is 1. The third-order valence-corrected chi connectivity index (χ3v) is 4.50. The second-order valence-electron chi connectivity index (χ2n) is 4.84. The van der Waals surface area contributed by atoms with E-state index in [9.17, 15) is 4.79 Å². The van der Waals surface area contributed by atoms with E-state index in [2.05, 4.69) is 26.1 Å². The summed E-state index contributed by atoms with van der Waals surface area (Å²) in [5.74, 6) is 0. The van der Waals surface area contributed by atoms with Crippen molar-refractivity contribution < 1.29 is 14.3 Å². The van der Waals surface area contributed by atoms with Crippen LogP contribution in [0.3, 0.4) is 0 Å². The number of rotatable bonds is 4. The van der Waals surface area contributed by atoms with Crippen molar-refractivity contribution in [3.8, 4) is 5.19 Å². The summed E-state index contributed by atoms with van der Waals surface area (Å²) in [5.41, 5.74) is 0.974. The first-order valence-corrected chi connectivity index (χ1v) is 8.43. The molecule has 0 N–H and O–H groups in total. The lowest BCUT2D eigenvalue weighted by Gasteiger charge is -2.16. The molecule has 0 bridgehead atoms. The van der Waals surface area contributed by atoms with Gasteiger partial charge in [0.05, 0.1) is 6.54 Å². The Kier molecular flexibility index (Phi) is 4.89. The Hall–Kier alpha value is -1.67. The van der Waals surface area contributed by atoms with Gasteiger partial charge in [-0.3, -0.25) is 0 Å². The highest BCUT2D eigenvalue weighted by molar-refractivity contribution is 9.11. The Morgan fingerprint density at radius 3 is 2.91 bits per heavy atom. The van der Waals surface area contributed by atoms with Crippen LogP contribution < -0.4 is 4.74 Å². The van der Waals surface area contributed by atoms with Crippen molar-refractivity contribution >= 4 is 33.4 Å². The normalized spacial score (nSPS) is 17.5. The number of amides is 1. The fraction of sp³-hybridized carbons (Fsp3) is 0.357. The monoisotopic (exact) mass is 383 g/mol. The van der Waals surface area contributed by atoms with Gasteiger partial charge in [-0.05, 0) is 32.8 Å². The molecule has 2 aromatic rings. The minimum Gasteiger partial charge on any atom is -0.464 e. The summed E-state index contributed by atoms with van der Waals surface area (Å²) in [6.07, 6.45) is 0.384. The maximum atomic E-state index is 12.0. The first-order valence-electron chi connectivity index (χ1n) is 6.82. The molecule has 0 spiro atoms. The lowest BCUT2D eigenvalue weighted by molar-refractivity contribution is 0.0990. The van der Waals surface area contributed by atoms with Crippen LogP contribution in [0, 0.1) is 0 Å². The van der Waals surface area contributed by atoms with Gasteiger partial charge in [0.15, 0.2) is 3.92 Å². The van der Waals surface area contributed by atoms with Crippen molar-refractivity contribution in [3.05, 3.63) is 39.8 Å². The minimum absolute atomic E-state index is 0.0656. The molecule has 1 aliphatic rings. The van der Waals surface area contributed by atoms with Gasteiger partial charge in [-0.1, -0.05) is 35.4 Å². The van der Waals surface area contributed by atoms with Gasteiger partial charge in [-0.25, -0.2) is 4.79 Å². The van der Waals surface area contributed by atoms with Gasteiger partial charge in [0.25, 0.3) is 5.19 Å². The highest BCUT2D eigenvalue weighted by Gasteiger charge is 2.29. The zero-order valence-electron chi connectivity index (χ0n) is 11.6. The second kappa shape index (κ2) is 7.06. The summed E-state index contributed by atoms with van der Waals surface area (Å²) in [4.78, 5) is 13.7. The number of hydrogen-bond donors (Lipinski definition) is 0. The fourth-order valence-electron chi connectivity index (χ4n) is 2.18. The van der Waals surface area contributed by atoms with Gasteiger partial charge in [-0.2, -0.15) is 0 Å². The molecule has 3 rings (SSSR count). The van der Waals surface area contributed by atoms with E-state index < -0.39 is 0 Å². The Balaban J connectivity index is 1.46. The molecule has 1 atom stereocenters. The molecule has 1 aromatic carbocycles. The Labute approximate surface area is 140 Å². The maximum Gasteiger partial charge on any atom is 0.410 e. The van der Waals surface area contributed by atoms with Gasteiger partial charge in [0.1, 0.15) is 12.7 Å². The lowest BCUT2D eigenvalue weighted by atomic mass is 10.2. The third-order valence-electron chi connectivity index (χ3n) is 3.26. The number of likely N-dealkylation sites (tertiary alicyclic amines) is 1. The zero-order valence-corrected chi connectivity index (χ0v) is 14.0. The van der Waals surface area contributed by atoms with Crippen LogP contribution in [0.5, 0.6) is 5.19 Å². The Bertz CT molecular complexity index is 637. The molecule has 2 heterocycles. The maximum absolute atomic E-state index is 12.0. The second-order valence-corrected chi connectivity index (χ2v) is 7.05. The summed E-state index contributed by atoms with van der Waals surface area (Å²) in [7, 11) is 0. The molecule has 0 aliphatic carbocycles. The lowest BCUT2D eigenvalue weighted by Crippen LogP contribution is -2.31. The van der Waals surface area contributed by atoms with Crippen molar-refractivity contribution in [3.63, 3.8) is 0 Å². The first kappa shape index (κ1) is 15.2. The molecule has 6 nitrogen and oxygen atoms in total. The van der Waals surface area contributed by atoms with Crippen LogP contribution in [0.15, 0.2) is 34.2 Å². The van der Waals surface area contributed by atoms with Gasteiger partial charge in [-0.15, -0.1) is 5.10 Å². The zero-order chi connectivity index (χ0) is 15.4. The molecule has 0 saturated carbocycles. The van der Waals surface area contributed by atoms with Gasteiger partial charge < -0.3 is 14.4 Å². The standard InChI is InChI=1S/C14H14BrN3O3S/c15-12-16-17-13(22-12)21-11-6-7-18(8-11)14(19)20-9-10-4-2-1-3-5-10/h1-5,11H,6-9H2. The fourth-order valence-corrected chi connectivity index (χ4v) is 3.17. The van der Waals surface area contributed by atoms with Gasteiger partial charge in [0, 0.05) is 13.0 Å². The van der Waals surface area contributed by atoms with Crippen molar-refractivity contribution in [2.24, 2.45) is 0 Å². The topological polar surface area (TPSA) is 64.5 Å². The average molecular weight is 384 g/mol. The predicted molar refractivity (Wildman–Crippen MR) is 84.8 cm³/mol. The van der Waals surface area contributed by atoms with Crippen LogP contribution in [0.2, 0.25) is 0 Å². The Morgan fingerprint density at radius 1 is 1.36 bits per heavy atom. The van der Waals surface area contributed by atoms with Crippen LogP contribution in [0.25, 0.3) is 0 Å². The summed E-state index contributed by atoms with van der Waals surface area (Å²) in [6.45, 7) is 1.41. The summed E-state index contributed by atoms with van der Waals surface area (Å²) in [6, 6.07) is 9.62. The third kappa shape index (κ3) is 3.95. The van der Waals surface area contributed by atoms with Crippen molar-refractivity contribution in [1.29, 1.82) is 0 Å². The van der Waals surface area contributed by atoms with E-state index in [0.29, 0.717) is 22.2 Å². The quantitative estimate of drug-likeness (QED) is 0.811. The number of halogens is 1. The molecule has 1 aliphatic heterocycles. The van der Waals surface area contributed by atoms with E-state index in [-0.39, 0.29) is 18.8 Å². The summed E-state index contributed by atoms with van der Waals surface area (Å²) in [5, 5.41) is 8.23. The number of aromatic nitrogens is 2. The molecule has 1 aromatic heterocycles. The van der Waals surface area contributed by atoms with E-state index in [4.69, 9.17) is 9.47 Å². The smallest absolute Gasteiger partial charge is 0.410 e. The van der Waals surface area contributed by atoms with E-state index >= 15 is 0 Å². The molecule has 22 heavy (non-hydrogen) atoms. The number of nitrogens with zero attached hydrogens (tertiary/aromatic N) is 3. The molecular weight excluding hydrogens is 370 g/mol. The highest BCUT2D eigenvalue weighted by atomic mass is 79.9. The molecule has 1 unspecified atom stereocenters. The Morgan fingerprint density at radius 2 is 2.18 bits per heavy atom. The van der Waals surface area contributed by atoms with Crippen LogP contribution in [0.4, 0.5) is 4.79 Å². The van der Waals surface area contributed by atoms with Crippen LogP contribution >= 0.6 is 27.3 Å². The number of ether oxygens (including phenoxy) is 2. The van der Waals surface area contributed by atoms with Gasteiger partial charge in [0.2, 0.25) is 0 Å². The molecule has 8 heteroatoms. The van der Waals surface area contributed by atoms with Crippen LogP contribution in [-0.4, -0.2) is 40.4 Å². The van der Waals surface area contributed by atoms with E-state index in [1.165, 1.54) is 11.3 Å². The molecule has 0 radical (unpaired) electrons. The number of carbonyl (C=O) groups is 1. The number of hydrogen-bond acceptors (Lipinski definition) is 6. The van der Waals surface area contributed by atoms with Gasteiger partial charge >= 0.3 is 6.09 Å². The first-order chi connectivity index (χ1) is 10.7. The van der Waals surface area contributed by atoms with E-state index in [0.717, 1.165) is 12.0 Å². The molecule has 1 fully saturated rings. The molecule has 1 saturated heterocycles. The summed E-state index contributed by atoms with van der Waals surface area (Å²) < 4.78 is 11.7. The predicted octanol–water partition coefficient (Wildman–Crippen LogP) is 3.09. The SMILES string of the molecule is O=C(OCc1ccccc1)N1CCC(Oc2nnc(Br)s2)C1. The molecule has 1 amide bonds.